The quantitative estimate of drug-likeness (QED) is 0.714. The SMILES string of the molecule is COc1ccc(CC(NC=O)C(=O)O)cc1F. The lowest BCUT2D eigenvalue weighted by Crippen LogP contribution is -2.37. The number of nitrogens with one attached hydrogen (secondary N) is 1. The van der Waals surface area contributed by atoms with Crippen LogP contribution in [0.3, 0.4) is 0 Å². The highest BCUT2D eigenvalue weighted by molar-refractivity contribution is 5.76. The van der Waals surface area contributed by atoms with E-state index in [4.69, 9.17) is 9.84 Å². The first-order valence-corrected chi connectivity index (χ1v) is 4.83. The van der Waals surface area contributed by atoms with Crippen molar-refractivity contribution in [2.75, 3.05) is 7.11 Å². The van der Waals surface area contributed by atoms with Gasteiger partial charge in [0, 0.05) is 6.42 Å². The Balaban J connectivity index is 2.82. The van der Waals surface area contributed by atoms with Gasteiger partial charge in [-0.15, -0.1) is 0 Å². The number of carbonyl (C=O) groups excluding carboxylic acids is 1. The van der Waals surface area contributed by atoms with Crippen LogP contribution in [0.2, 0.25) is 0 Å². The van der Waals surface area contributed by atoms with E-state index in [9.17, 15) is 14.0 Å². The van der Waals surface area contributed by atoms with E-state index in [1.807, 2.05) is 0 Å². The molecule has 1 aromatic carbocycles. The molecule has 1 aromatic rings. The van der Waals surface area contributed by atoms with E-state index in [1.54, 1.807) is 6.07 Å². The zero-order chi connectivity index (χ0) is 12.8. The molecule has 0 aliphatic heterocycles. The number of ether oxygens (including phenoxy) is 1. The van der Waals surface area contributed by atoms with Gasteiger partial charge in [-0.1, -0.05) is 6.07 Å². The second kappa shape index (κ2) is 5.83. The molecule has 0 aliphatic rings. The molecule has 0 bridgehead atoms. The van der Waals surface area contributed by atoms with Crippen LogP contribution in [-0.4, -0.2) is 30.6 Å². The Labute approximate surface area is 97.2 Å². The maximum atomic E-state index is 13.3. The van der Waals surface area contributed by atoms with E-state index >= 15 is 0 Å². The van der Waals surface area contributed by atoms with E-state index in [1.165, 1.54) is 19.2 Å². The standard InChI is InChI=1S/C11H12FNO4/c1-17-10-3-2-7(4-8(10)12)5-9(11(15)16)13-6-14/h2-4,6,9H,5H2,1H3,(H,13,14)(H,15,16). The van der Waals surface area contributed by atoms with Gasteiger partial charge in [0.1, 0.15) is 6.04 Å². The van der Waals surface area contributed by atoms with Gasteiger partial charge in [-0.3, -0.25) is 4.79 Å². The van der Waals surface area contributed by atoms with Gasteiger partial charge in [0.15, 0.2) is 11.6 Å². The first-order chi connectivity index (χ1) is 8.08. The average Bonchev–Trinajstić information content (AvgIpc) is 2.28. The summed E-state index contributed by atoms with van der Waals surface area (Å²) < 4.78 is 18.1. The fourth-order valence-corrected chi connectivity index (χ4v) is 1.37. The zero-order valence-electron chi connectivity index (χ0n) is 9.14. The van der Waals surface area contributed by atoms with Crippen LogP contribution in [0.25, 0.3) is 0 Å². The smallest absolute Gasteiger partial charge is 0.326 e. The number of carboxylic acid groups (broad SMARTS) is 1. The Morgan fingerprint density at radius 3 is 2.82 bits per heavy atom. The molecule has 17 heavy (non-hydrogen) atoms. The van der Waals surface area contributed by atoms with Crippen LogP contribution < -0.4 is 10.1 Å². The van der Waals surface area contributed by atoms with Gasteiger partial charge in [-0.05, 0) is 17.7 Å². The summed E-state index contributed by atoms with van der Waals surface area (Å²) in [5, 5.41) is 10.9. The summed E-state index contributed by atoms with van der Waals surface area (Å²) in [5.41, 5.74) is 0.463. The molecule has 1 rings (SSSR count). The summed E-state index contributed by atoms with van der Waals surface area (Å²) in [7, 11) is 1.34. The monoisotopic (exact) mass is 241 g/mol. The molecule has 0 fully saturated rings. The number of methoxy groups -OCH3 is 1. The summed E-state index contributed by atoms with van der Waals surface area (Å²) in [6, 6.07) is 3.07. The minimum atomic E-state index is -1.17. The van der Waals surface area contributed by atoms with E-state index < -0.39 is 17.8 Å². The summed E-state index contributed by atoms with van der Waals surface area (Å²) in [6.45, 7) is 0. The molecule has 0 saturated carbocycles. The van der Waals surface area contributed by atoms with Crippen LogP contribution in [0.15, 0.2) is 18.2 Å². The molecule has 6 heteroatoms. The lowest BCUT2D eigenvalue weighted by atomic mass is 10.1. The number of hydrogen-bond acceptors (Lipinski definition) is 3. The van der Waals surface area contributed by atoms with Crippen molar-refractivity contribution in [1.82, 2.24) is 5.32 Å². The molecule has 0 spiro atoms. The second-order valence-corrected chi connectivity index (χ2v) is 3.35. The first-order valence-electron chi connectivity index (χ1n) is 4.83. The Morgan fingerprint density at radius 1 is 1.65 bits per heavy atom. The number of rotatable bonds is 6. The molecular formula is C11H12FNO4. The third-order valence-corrected chi connectivity index (χ3v) is 2.22. The van der Waals surface area contributed by atoms with Gasteiger partial charge >= 0.3 is 5.97 Å². The molecule has 1 unspecified atom stereocenters. The van der Waals surface area contributed by atoms with Gasteiger partial charge < -0.3 is 15.2 Å². The molecule has 92 valence electrons. The van der Waals surface area contributed by atoms with E-state index in [0.29, 0.717) is 12.0 Å². The summed E-state index contributed by atoms with van der Waals surface area (Å²) in [4.78, 5) is 21.0. The fraction of sp³-hybridized carbons (Fsp3) is 0.273. The van der Waals surface area contributed by atoms with Crippen LogP contribution in [0.5, 0.6) is 5.75 Å². The molecule has 1 amide bonds. The lowest BCUT2D eigenvalue weighted by Gasteiger charge is -2.11. The Morgan fingerprint density at radius 2 is 2.35 bits per heavy atom. The summed E-state index contributed by atoms with van der Waals surface area (Å²) >= 11 is 0. The van der Waals surface area contributed by atoms with Gasteiger partial charge in [0.05, 0.1) is 7.11 Å². The molecule has 0 aromatic heterocycles. The number of carbonyl (C=O) groups is 2. The van der Waals surface area contributed by atoms with Crippen LogP contribution in [0, 0.1) is 5.82 Å². The largest absolute Gasteiger partial charge is 0.494 e. The lowest BCUT2D eigenvalue weighted by molar-refractivity contribution is -0.140. The molecular weight excluding hydrogens is 229 g/mol. The number of benzene rings is 1. The predicted octanol–water partition coefficient (Wildman–Crippen LogP) is 0.576. The summed E-state index contributed by atoms with van der Waals surface area (Å²) in [6.07, 6.45) is 0.313. The maximum Gasteiger partial charge on any atom is 0.326 e. The third-order valence-electron chi connectivity index (χ3n) is 2.22. The number of aliphatic carboxylic acids is 1. The van der Waals surface area contributed by atoms with Gasteiger partial charge in [-0.25, -0.2) is 9.18 Å². The average molecular weight is 241 g/mol. The molecule has 0 heterocycles. The summed E-state index contributed by atoms with van der Waals surface area (Å²) in [5.74, 6) is -1.66. The molecule has 1 atom stereocenters. The number of halogens is 1. The van der Waals surface area contributed by atoms with Crippen molar-refractivity contribution in [3.8, 4) is 5.75 Å². The third kappa shape index (κ3) is 3.44. The molecule has 0 saturated heterocycles. The zero-order valence-corrected chi connectivity index (χ0v) is 9.14. The van der Waals surface area contributed by atoms with Gasteiger partial charge in [-0.2, -0.15) is 0 Å². The van der Waals surface area contributed by atoms with Crippen LogP contribution in [0.4, 0.5) is 4.39 Å². The van der Waals surface area contributed by atoms with Gasteiger partial charge in [0.2, 0.25) is 6.41 Å². The van der Waals surface area contributed by atoms with Crippen molar-refractivity contribution in [3.63, 3.8) is 0 Å². The van der Waals surface area contributed by atoms with Crippen molar-refractivity contribution in [3.05, 3.63) is 29.6 Å². The van der Waals surface area contributed by atoms with E-state index in [2.05, 4.69) is 5.32 Å². The minimum absolute atomic E-state index is 0.00892. The number of carboxylic acids is 1. The fourth-order valence-electron chi connectivity index (χ4n) is 1.37. The Bertz CT molecular complexity index is 422. The Kier molecular flexibility index (Phi) is 4.45. The van der Waals surface area contributed by atoms with Crippen LogP contribution in [0.1, 0.15) is 5.56 Å². The minimum Gasteiger partial charge on any atom is -0.494 e. The predicted molar refractivity (Wildman–Crippen MR) is 57.3 cm³/mol. The van der Waals surface area contributed by atoms with Crippen LogP contribution in [-0.2, 0) is 16.0 Å². The van der Waals surface area contributed by atoms with Crippen molar-refractivity contribution >= 4 is 12.4 Å². The van der Waals surface area contributed by atoms with E-state index in [-0.39, 0.29) is 12.2 Å². The molecule has 2 N–H and O–H groups in total. The molecule has 0 radical (unpaired) electrons. The maximum absolute atomic E-state index is 13.3. The number of amides is 1. The van der Waals surface area contributed by atoms with Gasteiger partial charge in [0.25, 0.3) is 0 Å². The molecule has 0 aliphatic carbocycles. The van der Waals surface area contributed by atoms with Crippen molar-refractivity contribution in [1.29, 1.82) is 0 Å². The van der Waals surface area contributed by atoms with Crippen molar-refractivity contribution in [2.45, 2.75) is 12.5 Å². The second-order valence-electron chi connectivity index (χ2n) is 3.35. The normalized spacial score (nSPS) is 11.6. The first kappa shape index (κ1) is 13.0. The molecule has 5 nitrogen and oxygen atoms in total. The topological polar surface area (TPSA) is 75.6 Å². The highest BCUT2D eigenvalue weighted by Crippen LogP contribution is 2.18. The Hall–Kier alpha value is -2.11. The van der Waals surface area contributed by atoms with E-state index in [0.717, 1.165) is 0 Å². The van der Waals surface area contributed by atoms with Crippen molar-refractivity contribution < 1.29 is 23.8 Å². The highest BCUT2D eigenvalue weighted by atomic mass is 19.1. The van der Waals surface area contributed by atoms with Crippen LogP contribution >= 0.6 is 0 Å². The number of hydrogen-bond donors (Lipinski definition) is 2. The van der Waals surface area contributed by atoms with Crippen molar-refractivity contribution in [2.24, 2.45) is 0 Å². The highest BCUT2D eigenvalue weighted by Gasteiger charge is 2.17.